The van der Waals surface area contributed by atoms with Crippen LogP contribution in [-0.2, 0) is 11.3 Å². The Kier molecular flexibility index (Phi) is 3.95. The van der Waals surface area contributed by atoms with E-state index in [1.54, 1.807) is 6.20 Å². The minimum absolute atomic E-state index is 0.0967. The summed E-state index contributed by atoms with van der Waals surface area (Å²) in [6.45, 7) is 1.77. The van der Waals surface area contributed by atoms with Crippen LogP contribution < -0.4 is 5.32 Å². The van der Waals surface area contributed by atoms with E-state index >= 15 is 0 Å². The minimum atomic E-state index is 0.0967. The van der Waals surface area contributed by atoms with Gasteiger partial charge in [0.15, 0.2) is 0 Å². The average molecular weight is 285 g/mol. The van der Waals surface area contributed by atoms with Crippen molar-refractivity contribution in [2.45, 2.75) is 31.4 Å². The fourth-order valence-electron chi connectivity index (χ4n) is 2.01. The van der Waals surface area contributed by atoms with Gasteiger partial charge in [0.1, 0.15) is 0 Å². The van der Waals surface area contributed by atoms with E-state index in [0.717, 1.165) is 17.6 Å². The van der Waals surface area contributed by atoms with Gasteiger partial charge < -0.3 is 10.1 Å². The number of hydrogen-bond acceptors (Lipinski definition) is 3. The SMILES string of the molecule is COC1(CNCc2cncc(Br)c2)CCC1. The lowest BCUT2D eigenvalue weighted by Gasteiger charge is -2.40. The van der Waals surface area contributed by atoms with Gasteiger partial charge in [-0.2, -0.15) is 0 Å². The largest absolute Gasteiger partial charge is 0.377 e. The predicted octanol–water partition coefficient (Wildman–Crippen LogP) is 2.50. The van der Waals surface area contributed by atoms with Crippen LogP contribution in [0.4, 0.5) is 0 Å². The first kappa shape index (κ1) is 12.0. The maximum absolute atomic E-state index is 5.55. The maximum Gasteiger partial charge on any atom is 0.0802 e. The van der Waals surface area contributed by atoms with E-state index in [1.807, 2.05) is 13.3 Å². The van der Waals surface area contributed by atoms with Crippen LogP contribution in [0.2, 0.25) is 0 Å². The zero-order chi connectivity index (χ0) is 11.4. The molecule has 1 aliphatic rings. The molecule has 1 aliphatic carbocycles. The number of methoxy groups -OCH3 is 1. The maximum atomic E-state index is 5.55. The number of nitrogens with one attached hydrogen (secondary N) is 1. The highest BCUT2D eigenvalue weighted by atomic mass is 79.9. The molecule has 1 heterocycles. The normalized spacial score (nSPS) is 18.1. The fraction of sp³-hybridized carbons (Fsp3) is 0.583. The van der Waals surface area contributed by atoms with Gasteiger partial charge in [-0.15, -0.1) is 0 Å². The number of nitrogens with zero attached hydrogens (tertiary/aromatic N) is 1. The Morgan fingerprint density at radius 2 is 2.31 bits per heavy atom. The molecule has 1 N–H and O–H groups in total. The van der Waals surface area contributed by atoms with Crippen LogP contribution >= 0.6 is 15.9 Å². The summed E-state index contributed by atoms with van der Waals surface area (Å²) in [4.78, 5) is 4.14. The van der Waals surface area contributed by atoms with Crippen LogP contribution in [-0.4, -0.2) is 24.2 Å². The molecule has 1 fully saturated rings. The first-order valence-corrected chi connectivity index (χ1v) is 6.39. The summed E-state index contributed by atoms with van der Waals surface area (Å²) in [5.41, 5.74) is 1.29. The number of halogens is 1. The highest BCUT2D eigenvalue weighted by Gasteiger charge is 2.36. The summed E-state index contributed by atoms with van der Waals surface area (Å²) >= 11 is 3.42. The molecule has 3 nitrogen and oxygen atoms in total. The zero-order valence-corrected chi connectivity index (χ0v) is 11.1. The van der Waals surface area contributed by atoms with Crippen LogP contribution in [0.3, 0.4) is 0 Å². The number of ether oxygens (including phenoxy) is 1. The molecule has 0 aliphatic heterocycles. The van der Waals surface area contributed by atoms with Gasteiger partial charge in [-0.1, -0.05) is 0 Å². The molecular formula is C12H17BrN2O. The zero-order valence-electron chi connectivity index (χ0n) is 9.50. The molecule has 0 amide bonds. The lowest BCUT2D eigenvalue weighted by atomic mass is 9.80. The van der Waals surface area contributed by atoms with Crippen LogP contribution in [0.15, 0.2) is 22.9 Å². The van der Waals surface area contributed by atoms with Gasteiger partial charge in [0.05, 0.1) is 5.60 Å². The van der Waals surface area contributed by atoms with E-state index in [-0.39, 0.29) is 5.60 Å². The smallest absolute Gasteiger partial charge is 0.0802 e. The molecular weight excluding hydrogens is 268 g/mol. The molecule has 88 valence electrons. The van der Waals surface area contributed by atoms with Crippen LogP contribution in [0, 0.1) is 0 Å². The Morgan fingerprint density at radius 1 is 1.50 bits per heavy atom. The summed E-state index contributed by atoms with van der Waals surface area (Å²) in [6.07, 6.45) is 7.32. The summed E-state index contributed by atoms with van der Waals surface area (Å²) < 4.78 is 6.57. The van der Waals surface area contributed by atoms with Crippen molar-refractivity contribution >= 4 is 15.9 Å². The molecule has 0 unspecified atom stereocenters. The third kappa shape index (κ3) is 2.81. The molecule has 0 saturated heterocycles. The summed E-state index contributed by atoms with van der Waals surface area (Å²) in [5.74, 6) is 0. The number of hydrogen-bond donors (Lipinski definition) is 1. The molecule has 1 aromatic heterocycles. The molecule has 2 rings (SSSR count). The Bertz CT molecular complexity index is 347. The van der Waals surface area contributed by atoms with E-state index in [1.165, 1.54) is 24.8 Å². The van der Waals surface area contributed by atoms with E-state index in [9.17, 15) is 0 Å². The second-order valence-corrected chi connectivity index (χ2v) is 5.27. The van der Waals surface area contributed by atoms with Crippen molar-refractivity contribution < 1.29 is 4.74 Å². The van der Waals surface area contributed by atoms with E-state index in [2.05, 4.69) is 32.3 Å². The molecule has 4 heteroatoms. The first-order valence-electron chi connectivity index (χ1n) is 5.59. The second kappa shape index (κ2) is 5.25. The van der Waals surface area contributed by atoms with Gasteiger partial charge in [-0.25, -0.2) is 0 Å². The summed E-state index contributed by atoms with van der Waals surface area (Å²) in [5, 5.41) is 3.44. The van der Waals surface area contributed by atoms with Crippen molar-refractivity contribution in [3.63, 3.8) is 0 Å². The Balaban J connectivity index is 1.79. The van der Waals surface area contributed by atoms with Crippen molar-refractivity contribution in [1.82, 2.24) is 10.3 Å². The second-order valence-electron chi connectivity index (χ2n) is 4.36. The van der Waals surface area contributed by atoms with Crippen molar-refractivity contribution in [1.29, 1.82) is 0 Å². The van der Waals surface area contributed by atoms with Crippen molar-refractivity contribution in [2.75, 3.05) is 13.7 Å². The molecule has 16 heavy (non-hydrogen) atoms. The standard InChI is InChI=1S/C12H17BrN2O/c1-16-12(3-2-4-12)9-15-7-10-5-11(13)8-14-6-10/h5-6,8,15H,2-4,7,9H2,1H3. The third-order valence-corrected chi connectivity index (χ3v) is 3.67. The van der Waals surface area contributed by atoms with Gasteiger partial charge in [-0.05, 0) is 46.8 Å². The first-order chi connectivity index (χ1) is 7.74. The molecule has 0 radical (unpaired) electrons. The van der Waals surface area contributed by atoms with Gasteiger partial charge >= 0.3 is 0 Å². The molecule has 1 saturated carbocycles. The summed E-state index contributed by atoms with van der Waals surface area (Å²) in [7, 11) is 1.81. The fourth-order valence-corrected chi connectivity index (χ4v) is 2.42. The van der Waals surface area contributed by atoms with Crippen molar-refractivity contribution in [2.24, 2.45) is 0 Å². The van der Waals surface area contributed by atoms with E-state index < -0.39 is 0 Å². The van der Waals surface area contributed by atoms with Crippen molar-refractivity contribution in [3.8, 4) is 0 Å². The topological polar surface area (TPSA) is 34.1 Å². The average Bonchev–Trinajstić information content (AvgIpc) is 2.22. The van der Waals surface area contributed by atoms with Crippen LogP contribution in [0.25, 0.3) is 0 Å². The predicted molar refractivity (Wildman–Crippen MR) is 67.2 cm³/mol. The van der Waals surface area contributed by atoms with Crippen molar-refractivity contribution in [3.05, 3.63) is 28.5 Å². The molecule has 0 atom stereocenters. The van der Waals surface area contributed by atoms with Crippen LogP contribution in [0.5, 0.6) is 0 Å². The van der Waals surface area contributed by atoms with Gasteiger partial charge in [0, 0.05) is 37.1 Å². The number of aromatic nitrogens is 1. The lowest BCUT2D eigenvalue weighted by Crippen LogP contribution is -2.47. The Morgan fingerprint density at radius 3 is 2.88 bits per heavy atom. The summed E-state index contributed by atoms with van der Waals surface area (Å²) in [6, 6.07) is 2.08. The van der Waals surface area contributed by atoms with E-state index in [4.69, 9.17) is 4.74 Å². The molecule has 0 bridgehead atoms. The Labute approximate surface area is 105 Å². The number of rotatable bonds is 5. The van der Waals surface area contributed by atoms with Gasteiger partial charge in [0.2, 0.25) is 0 Å². The monoisotopic (exact) mass is 284 g/mol. The highest BCUT2D eigenvalue weighted by molar-refractivity contribution is 9.10. The molecule has 0 spiro atoms. The minimum Gasteiger partial charge on any atom is -0.377 e. The van der Waals surface area contributed by atoms with E-state index in [0.29, 0.717) is 0 Å². The molecule has 0 aromatic carbocycles. The van der Waals surface area contributed by atoms with Crippen LogP contribution in [0.1, 0.15) is 24.8 Å². The quantitative estimate of drug-likeness (QED) is 0.902. The third-order valence-electron chi connectivity index (χ3n) is 3.24. The van der Waals surface area contributed by atoms with Gasteiger partial charge in [-0.3, -0.25) is 4.98 Å². The Hall–Kier alpha value is -0.450. The number of pyridine rings is 1. The highest BCUT2D eigenvalue weighted by Crippen LogP contribution is 2.34. The molecule has 1 aromatic rings. The van der Waals surface area contributed by atoms with Gasteiger partial charge in [0.25, 0.3) is 0 Å². The lowest BCUT2D eigenvalue weighted by molar-refractivity contribution is -0.0695.